The van der Waals surface area contributed by atoms with Crippen LogP contribution in [0.4, 0.5) is 4.79 Å². The molecule has 6 N–H and O–H groups in total. The standard InChI is InChI=1S/C38H43N5O6/c1-27(36(45)41-25-29-12-17-32(18-13-29)35(39)43-38(47)49-26-31-10-6-3-7-11-31)42-37(46)34(21-16-28-8-4-2-5-9-28)40-24-30-14-19-33(20-15-30)48-23-22-44/h2-15,17-20,27,34,40,44H,16,21-26H2,1H3,(H,41,45)(H,42,46)(H2,39,43,47)/t27-,34+/m0/s1. The second-order valence-corrected chi connectivity index (χ2v) is 11.4. The molecule has 4 aromatic rings. The Morgan fingerprint density at radius 3 is 2.02 bits per heavy atom. The molecule has 0 spiro atoms. The first-order valence-electron chi connectivity index (χ1n) is 16.1. The summed E-state index contributed by atoms with van der Waals surface area (Å²) < 4.78 is 10.6. The molecule has 11 nitrogen and oxygen atoms in total. The van der Waals surface area contributed by atoms with Crippen LogP contribution in [0.15, 0.2) is 109 Å². The van der Waals surface area contributed by atoms with Crippen molar-refractivity contribution in [1.29, 1.82) is 5.41 Å². The Morgan fingerprint density at radius 1 is 0.755 bits per heavy atom. The van der Waals surface area contributed by atoms with Gasteiger partial charge in [-0.05, 0) is 54.2 Å². The summed E-state index contributed by atoms with van der Waals surface area (Å²) in [4.78, 5) is 38.4. The molecule has 49 heavy (non-hydrogen) atoms. The molecule has 0 aliphatic carbocycles. The zero-order valence-corrected chi connectivity index (χ0v) is 27.5. The van der Waals surface area contributed by atoms with Crippen molar-refractivity contribution < 1.29 is 29.0 Å². The zero-order chi connectivity index (χ0) is 34.8. The van der Waals surface area contributed by atoms with Crippen LogP contribution >= 0.6 is 0 Å². The Labute approximate surface area is 286 Å². The summed E-state index contributed by atoms with van der Waals surface area (Å²) in [6.45, 7) is 2.54. The predicted molar refractivity (Wildman–Crippen MR) is 187 cm³/mol. The van der Waals surface area contributed by atoms with Crippen LogP contribution in [0.3, 0.4) is 0 Å². The molecular weight excluding hydrogens is 622 g/mol. The molecule has 0 heterocycles. The van der Waals surface area contributed by atoms with E-state index in [1.807, 2.05) is 84.9 Å². The lowest BCUT2D eigenvalue weighted by molar-refractivity contribution is -0.129. The lowest BCUT2D eigenvalue weighted by atomic mass is 10.0. The average molecular weight is 666 g/mol. The molecular formula is C38H43N5O6. The van der Waals surface area contributed by atoms with Gasteiger partial charge in [0, 0.05) is 18.7 Å². The largest absolute Gasteiger partial charge is 0.491 e. The smallest absolute Gasteiger partial charge is 0.413 e. The van der Waals surface area contributed by atoms with Crippen molar-refractivity contribution in [2.24, 2.45) is 0 Å². The van der Waals surface area contributed by atoms with Crippen molar-refractivity contribution in [2.75, 3.05) is 13.2 Å². The third kappa shape index (κ3) is 12.5. The highest BCUT2D eigenvalue weighted by Crippen LogP contribution is 2.13. The van der Waals surface area contributed by atoms with Crippen LogP contribution in [0.25, 0.3) is 0 Å². The van der Waals surface area contributed by atoms with Crippen LogP contribution in [-0.2, 0) is 40.4 Å². The van der Waals surface area contributed by atoms with E-state index < -0.39 is 18.2 Å². The number of carbonyl (C=O) groups excluding carboxylic acids is 3. The van der Waals surface area contributed by atoms with Gasteiger partial charge >= 0.3 is 6.09 Å². The third-order valence-electron chi connectivity index (χ3n) is 7.62. The summed E-state index contributed by atoms with van der Waals surface area (Å²) in [6.07, 6.45) is 0.485. The van der Waals surface area contributed by atoms with E-state index in [4.69, 9.17) is 20.0 Å². The SMILES string of the molecule is C[C@H](NC(=O)[C@@H](CCc1ccccc1)NCc1ccc(OCCO)cc1)C(=O)NCc1ccc(C(=N)NC(=O)OCc2ccccc2)cc1. The van der Waals surface area contributed by atoms with E-state index in [-0.39, 0.29) is 44.0 Å². The maximum absolute atomic E-state index is 13.4. The number of aryl methyl sites for hydroxylation is 1. The molecule has 0 radical (unpaired) electrons. The number of ether oxygens (including phenoxy) is 2. The number of nitrogens with one attached hydrogen (secondary N) is 5. The Kier molecular flexibility index (Phi) is 14.3. The fourth-order valence-electron chi connectivity index (χ4n) is 4.83. The monoisotopic (exact) mass is 665 g/mol. The number of amides is 3. The van der Waals surface area contributed by atoms with Gasteiger partial charge in [-0.3, -0.25) is 20.3 Å². The van der Waals surface area contributed by atoms with Gasteiger partial charge in [-0.15, -0.1) is 0 Å². The molecule has 4 aromatic carbocycles. The van der Waals surface area contributed by atoms with Gasteiger partial charge in [0.15, 0.2) is 0 Å². The lowest BCUT2D eigenvalue weighted by Gasteiger charge is -2.21. The molecule has 0 aliphatic heterocycles. The average Bonchev–Trinajstić information content (AvgIpc) is 3.13. The lowest BCUT2D eigenvalue weighted by Crippen LogP contribution is -2.51. The van der Waals surface area contributed by atoms with Crippen molar-refractivity contribution in [3.8, 4) is 5.75 Å². The van der Waals surface area contributed by atoms with Gasteiger partial charge in [-0.25, -0.2) is 4.79 Å². The molecule has 0 fully saturated rings. The number of carbonyl (C=O) groups is 3. The summed E-state index contributed by atoms with van der Waals surface area (Å²) in [5.74, 6) is -0.0721. The Balaban J connectivity index is 1.25. The fraction of sp³-hybridized carbons (Fsp3) is 0.263. The van der Waals surface area contributed by atoms with Crippen LogP contribution in [-0.4, -0.2) is 54.1 Å². The Hall–Kier alpha value is -5.52. The number of aliphatic hydroxyl groups is 1. The molecule has 11 heteroatoms. The second-order valence-electron chi connectivity index (χ2n) is 11.4. The molecule has 0 aromatic heterocycles. The summed E-state index contributed by atoms with van der Waals surface area (Å²) in [7, 11) is 0. The number of aliphatic hydroxyl groups excluding tert-OH is 1. The highest BCUT2D eigenvalue weighted by Gasteiger charge is 2.23. The van der Waals surface area contributed by atoms with Gasteiger partial charge in [0.1, 0.15) is 30.8 Å². The number of amidine groups is 1. The topological polar surface area (TPSA) is 162 Å². The number of hydrogen-bond donors (Lipinski definition) is 6. The third-order valence-corrected chi connectivity index (χ3v) is 7.62. The van der Waals surface area contributed by atoms with E-state index in [1.54, 1.807) is 31.2 Å². The number of benzene rings is 4. The number of rotatable bonds is 17. The van der Waals surface area contributed by atoms with Crippen LogP contribution in [0, 0.1) is 5.41 Å². The van der Waals surface area contributed by atoms with Crippen molar-refractivity contribution in [3.63, 3.8) is 0 Å². The summed E-state index contributed by atoms with van der Waals surface area (Å²) >= 11 is 0. The van der Waals surface area contributed by atoms with Gasteiger partial charge < -0.3 is 30.5 Å². The first-order chi connectivity index (χ1) is 23.8. The summed E-state index contributed by atoms with van der Waals surface area (Å²) in [5, 5.41) is 28.6. The van der Waals surface area contributed by atoms with Crippen molar-refractivity contribution in [1.82, 2.24) is 21.3 Å². The highest BCUT2D eigenvalue weighted by atomic mass is 16.5. The Bertz CT molecular complexity index is 1630. The minimum Gasteiger partial charge on any atom is -0.491 e. The minimum absolute atomic E-state index is 0.0632. The van der Waals surface area contributed by atoms with E-state index in [2.05, 4.69) is 21.3 Å². The van der Waals surface area contributed by atoms with Crippen LogP contribution in [0.2, 0.25) is 0 Å². The first-order valence-corrected chi connectivity index (χ1v) is 16.1. The quantitative estimate of drug-likeness (QED) is 0.0727. The fourth-order valence-corrected chi connectivity index (χ4v) is 4.83. The molecule has 0 bridgehead atoms. The maximum atomic E-state index is 13.4. The van der Waals surface area contributed by atoms with Crippen molar-refractivity contribution in [3.05, 3.63) is 137 Å². The highest BCUT2D eigenvalue weighted by molar-refractivity contribution is 6.04. The van der Waals surface area contributed by atoms with Gasteiger partial charge in [0.25, 0.3) is 0 Å². The van der Waals surface area contributed by atoms with Crippen LogP contribution in [0.5, 0.6) is 5.75 Å². The molecule has 2 atom stereocenters. The molecule has 0 unspecified atom stereocenters. The van der Waals surface area contributed by atoms with Crippen LogP contribution < -0.4 is 26.0 Å². The molecule has 0 saturated heterocycles. The predicted octanol–water partition coefficient (Wildman–Crippen LogP) is 4.22. The van der Waals surface area contributed by atoms with Gasteiger partial charge in [0.2, 0.25) is 11.8 Å². The molecule has 0 saturated carbocycles. The van der Waals surface area contributed by atoms with E-state index in [9.17, 15) is 14.4 Å². The maximum Gasteiger partial charge on any atom is 0.413 e. The zero-order valence-electron chi connectivity index (χ0n) is 27.5. The van der Waals surface area contributed by atoms with Gasteiger partial charge in [-0.2, -0.15) is 0 Å². The van der Waals surface area contributed by atoms with Crippen molar-refractivity contribution in [2.45, 2.75) is 51.5 Å². The van der Waals surface area contributed by atoms with E-state index in [0.717, 1.165) is 22.3 Å². The number of hydrogen-bond acceptors (Lipinski definition) is 8. The summed E-state index contributed by atoms with van der Waals surface area (Å²) in [6, 6.07) is 32.1. The molecule has 0 aliphatic rings. The number of alkyl carbamates (subject to hydrolysis) is 1. The molecule has 4 rings (SSSR count). The minimum atomic E-state index is -0.782. The van der Waals surface area contributed by atoms with Crippen LogP contribution in [0.1, 0.15) is 41.2 Å². The normalized spacial score (nSPS) is 11.9. The molecule has 256 valence electrons. The van der Waals surface area contributed by atoms with E-state index in [0.29, 0.717) is 30.7 Å². The first kappa shape index (κ1) is 36.3. The molecule has 3 amide bonds. The van der Waals surface area contributed by atoms with Gasteiger partial charge in [-0.1, -0.05) is 97.1 Å². The van der Waals surface area contributed by atoms with E-state index in [1.165, 1.54) is 0 Å². The van der Waals surface area contributed by atoms with Gasteiger partial charge in [0.05, 0.1) is 12.6 Å². The summed E-state index contributed by atoms with van der Waals surface area (Å²) in [5.41, 5.74) is 4.17. The second kappa shape index (κ2) is 19.3. The van der Waals surface area contributed by atoms with E-state index >= 15 is 0 Å². The Morgan fingerprint density at radius 2 is 1.37 bits per heavy atom. The van der Waals surface area contributed by atoms with Crippen molar-refractivity contribution >= 4 is 23.7 Å².